The van der Waals surface area contributed by atoms with Crippen LogP contribution in [0.5, 0.6) is 0 Å². The maximum Gasteiger partial charge on any atom is 0.278 e. The van der Waals surface area contributed by atoms with Crippen molar-refractivity contribution in [3.8, 4) is 0 Å². The molecule has 0 aliphatic carbocycles. The largest absolute Gasteiger partial charge is 0.351 e. The number of rotatable bonds is 3. The van der Waals surface area contributed by atoms with Gasteiger partial charge in [-0.1, -0.05) is 12.1 Å². The molecule has 1 saturated heterocycles. The predicted molar refractivity (Wildman–Crippen MR) is 80.9 cm³/mol. The van der Waals surface area contributed by atoms with E-state index in [1.54, 1.807) is 6.07 Å². The highest BCUT2D eigenvalue weighted by molar-refractivity contribution is 6.20. The van der Waals surface area contributed by atoms with Gasteiger partial charge in [0.1, 0.15) is 11.7 Å². The Morgan fingerprint density at radius 3 is 2.70 bits per heavy atom. The molecule has 3 rings (SSSR count). The van der Waals surface area contributed by atoms with E-state index >= 15 is 0 Å². The lowest BCUT2D eigenvalue weighted by Crippen LogP contribution is -2.54. The Morgan fingerprint density at radius 1 is 1.22 bits per heavy atom. The van der Waals surface area contributed by atoms with Gasteiger partial charge in [0, 0.05) is 18.2 Å². The van der Waals surface area contributed by atoms with Crippen LogP contribution in [0.3, 0.4) is 0 Å². The molecule has 7 nitrogen and oxygen atoms in total. The van der Waals surface area contributed by atoms with E-state index in [9.17, 15) is 19.2 Å². The summed E-state index contributed by atoms with van der Waals surface area (Å²) in [6, 6.07) is 6.42. The van der Waals surface area contributed by atoms with Gasteiger partial charge in [-0.05, 0) is 31.0 Å². The van der Waals surface area contributed by atoms with Crippen molar-refractivity contribution in [1.82, 2.24) is 10.2 Å². The van der Waals surface area contributed by atoms with Crippen molar-refractivity contribution in [2.45, 2.75) is 25.8 Å². The third-order valence-corrected chi connectivity index (χ3v) is 3.77. The second-order valence-electron chi connectivity index (χ2n) is 5.53. The van der Waals surface area contributed by atoms with E-state index < -0.39 is 29.7 Å². The van der Waals surface area contributed by atoms with Crippen LogP contribution in [-0.2, 0) is 19.2 Å². The standard InChI is InChI=1S/C16H15N3O4/c1-9-3-2-4-10(7-9)17-11-8-14(21)19(16(11)23)12-5-6-13(20)18-15(12)22/h2-4,7-8,12,17H,5-6H2,1H3,(H,18,20,22). The summed E-state index contributed by atoms with van der Waals surface area (Å²) in [5.41, 5.74) is 1.81. The first-order valence-electron chi connectivity index (χ1n) is 7.22. The fraction of sp³-hybridized carbons (Fsp3) is 0.250. The molecule has 1 atom stereocenters. The normalized spacial score (nSPS) is 21.3. The van der Waals surface area contributed by atoms with E-state index in [4.69, 9.17) is 0 Å². The first kappa shape index (κ1) is 15.0. The number of hydrogen-bond acceptors (Lipinski definition) is 5. The van der Waals surface area contributed by atoms with E-state index in [0.29, 0.717) is 5.69 Å². The average Bonchev–Trinajstić information content (AvgIpc) is 2.74. The zero-order valence-corrected chi connectivity index (χ0v) is 12.5. The summed E-state index contributed by atoms with van der Waals surface area (Å²) in [5.74, 6) is -2.13. The molecule has 118 valence electrons. The van der Waals surface area contributed by atoms with Crippen LogP contribution in [0.2, 0.25) is 0 Å². The van der Waals surface area contributed by atoms with Gasteiger partial charge in [-0.3, -0.25) is 29.4 Å². The fourth-order valence-corrected chi connectivity index (χ4v) is 2.68. The number of benzene rings is 1. The molecule has 0 radical (unpaired) electrons. The van der Waals surface area contributed by atoms with Gasteiger partial charge in [-0.2, -0.15) is 0 Å². The van der Waals surface area contributed by atoms with Crippen LogP contribution >= 0.6 is 0 Å². The second-order valence-corrected chi connectivity index (χ2v) is 5.53. The number of hydrogen-bond donors (Lipinski definition) is 2. The zero-order valence-electron chi connectivity index (χ0n) is 12.5. The molecule has 0 spiro atoms. The zero-order chi connectivity index (χ0) is 16.6. The smallest absolute Gasteiger partial charge is 0.278 e. The molecule has 2 heterocycles. The highest BCUT2D eigenvalue weighted by atomic mass is 16.2. The minimum absolute atomic E-state index is 0.105. The lowest BCUT2D eigenvalue weighted by molar-refractivity contribution is -0.149. The molecule has 2 aliphatic rings. The maximum atomic E-state index is 12.4. The molecular formula is C16H15N3O4. The number of carbonyl (C=O) groups is 4. The quantitative estimate of drug-likeness (QED) is 0.791. The highest BCUT2D eigenvalue weighted by Crippen LogP contribution is 2.22. The number of nitrogens with zero attached hydrogens (tertiary/aromatic N) is 1. The predicted octanol–water partition coefficient (Wildman–Crippen LogP) is 0.465. The second kappa shape index (κ2) is 5.68. The summed E-state index contributed by atoms with van der Waals surface area (Å²) in [5, 5.41) is 5.06. The summed E-state index contributed by atoms with van der Waals surface area (Å²) in [6.45, 7) is 1.91. The van der Waals surface area contributed by atoms with Crippen LogP contribution < -0.4 is 10.6 Å². The third kappa shape index (κ3) is 2.85. The lowest BCUT2D eigenvalue weighted by Gasteiger charge is -2.28. The van der Waals surface area contributed by atoms with Crippen LogP contribution in [0.15, 0.2) is 36.0 Å². The molecule has 0 saturated carbocycles. The minimum Gasteiger partial charge on any atom is -0.351 e. The number of nitrogens with one attached hydrogen (secondary N) is 2. The van der Waals surface area contributed by atoms with Gasteiger partial charge in [-0.25, -0.2) is 0 Å². The molecule has 4 amide bonds. The Bertz CT molecular complexity index is 753. The number of carbonyl (C=O) groups excluding carboxylic acids is 4. The van der Waals surface area contributed by atoms with Gasteiger partial charge < -0.3 is 5.32 Å². The monoisotopic (exact) mass is 313 g/mol. The van der Waals surface area contributed by atoms with Crippen molar-refractivity contribution < 1.29 is 19.2 Å². The van der Waals surface area contributed by atoms with Gasteiger partial charge in [0.2, 0.25) is 11.8 Å². The van der Waals surface area contributed by atoms with Crippen molar-refractivity contribution in [3.63, 3.8) is 0 Å². The van der Waals surface area contributed by atoms with Gasteiger partial charge in [0.15, 0.2) is 0 Å². The van der Waals surface area contributed by atoms with Crippen LogP contribution in [0, 0.1) is 6.92 Å². The third-order valence-electron chi connectivity index (χ3n) is 3.77. The molecule has 1 unspecified atom stereocenters. The molecule has 0 bridgehead atoms. The number of amides is 4. The first-order chi connectivity index (χ1) is 11.0. The Hall–Kier alpha value is -2.96. The van der Waals surface area contributed by atoms with Crippen LogP contribution in [0.25, 0.3) is 0 Å². The summed E-state index contributed by atoms with van der Waals surface area (Å²) in [7, 11) is 0. The van der Waals surface area contributed by atoms with Gasteiger partial charge >= 0.3 is 0 Å². The topological polar surface area (TPSA) is 95.6 Å². The van der Waals surface area contributed by atoms with Gasteiger partial charge in [-0.15, -0.1) is 0 Å². The van der Waals surface area contributed by atoms with E-state index in [-0.39, 0.29) is 18.5 Å². The van der Waals surface area contributed by atoms with Crippen molar-refractivity contribution in [3.05, 3.63) is 41.6 Å². The molecule has 1 aromatic carbocycles. The number of anilines is 1. The SMILES string of the molecule is Cc1cccc(NC2=CC(=O)N(C3CCC(=O)NC3=O)C2=O)c1. The average molecular weight is 313 g/mol. The Balaban J connectivity index is 1.77. The van der Waals surface area contributed by atoms with Gasteiger partial charge in [0.25, 0.3) is 11.8 Å². The summed E-state index contributed by atoms with van der Waals surface area (Å²) in [4.78, 5) is 48.5. The Labute approximate surface area is 132 Å². The van der Waals surface area contributed by atoms with E-state index in [1.807, 2.05) is 25.1 Å². The van der Waals surface area contributed by atoms with Crippen LogP contribution in [-0.4, -0.2) is 34.6 Å². The molecule has 2 aliphatic heterocycles. The van der Waals surface area contributed by atoms with Crippen molar-refractivity contribution in [1.29, 1.82) is 0 Å². The van der Waals surface area contributed by atoms with E-state index in [1.165, 1.54) is 6.08 Å². The lowest BCUT2D eigenvalue weighted by atomic mass is 10.0. The molecular weight excluding hydrogens is 298 g/mol. The van der Waals surface area contributed by atoms with Gasteiger partial charge in [0.05, 0.1) is 0 Å². The maximum absolute atomic E-state index is 12.4. The van der Waals surface area contributed by atoms with Crippen LogP contribution in [0.4, 0.5) is 5.69 Å². The minimum atomic E-state index is -0.944. The molecule has 0 aromatic heterocycles. The number of aryl methyl sites for hydroxylation is 1. The van der Waals surface area contributed by atoms with Crippen LogP contribution in [0.1, 0.15) is 18.4 Å². The molecule has 1 aromatic rings. The van der Waals surface area contributed by atoms with Crippen molar-refractivity contribution in [2.24, 2.45) is 0 Å². The Kier molecular flexibility index (Phi) is 3.69. The summed E-state index contributed by atoms with van der Waals surface area (Å²) >= 11 is 0. The fourth-order valence-electron chi connectivity index (χ4n) is 2.68. The van der Waals surface area contributed by atoms with E-state index in [0.717, 1.165) is 10.5 Å². The number of piperidine rings is 1. The summed E-state index contributed by atoms with van der Waals surface area (Å²) < 4.78 is 0. The van der Waals surface area contributed by atoms with Crippen molar-refractivity contribution in [2.75, 3.05) is 5.32 Å². The molecule has 7 heteroatoms. The highest BCUT2D eigenvalue weighted by Gasteiger charge is 2.42. The molecule has 23 heavy (non-hydrogen) atoms. The number of imide groups is 2. The van der Waals surface area contributed by atoms with Crippen molar-refractivity contribution >= 4 is 29.3 Å². The Morgan fingerprint density at radius 2 is 2.00 bits per heavy atom. The first-order valence-corrected chi connectivity index (χ1v) is 7.22. The molecule has 2 N–H and O–H groups in total. The summed E-state index contributed by atoms with van der Waals surface area (Å²) in [6.07, 6.45) is 1.43. The van der Waals surface area contributed by atoms with E-state index in [2.05, 4.69) is 10.6 Å². The molecule has 1 fully saturated rings.